The van der Waals surface area contributed by atoms with E-state index in [-0.39, 0.29) is 5.75 Å². The Labute approximate surface area is 162 Å². The zero-order chi connectivity index (χ0) is 18.4. The number of aromatic hydroxyl groups is 1. The van der Waals surface area contributed by atoms with Crippen LogP contribution in [0.2, 0.25) is 0 Å². The summed E-state index contributed by atoms with van der Waals surface area (Å²) >= 11 is 3.03. The molecular weight excluding hydrogens is 382 g/mol. The molecule has 0 aliphatic carbocycles. The summed E-state index contributed by atoms with van der Waals surface area (Å²) in [6.07, 6.45) is 6.30. The normalized spacial score (nSPS) is 17.0. The number of aromatic nitrogens is 5. The number of hydrogen-bond donors (Lipinski definition) is 3. The van der Waals surface area contributed by atoms with E-state index in [1.54, 1.807) is 36.0 Å². The van der Waals surface area contributed by atoms with Crippen LogP contribution in [-0.4, -0.2) is 56.4 Å². The van der Waals surface area contributed by atoms with Gasteiger partial charge >= 0.3 is 0 Å². The molecule has 4 aromatic heterocycles. The number of likely N-dealkylation sites (N-methyl/N-ethyl adjacent to an activating group) is 1. The lowest BCUT2D eigenvalue weighted by atomic mass is 10.1. The van der Waals surface area contributed by atoms with Crippen LogP contribution in [0.4, 0.5) is 5.13 Å². The number of anilines is 1. The highest BCUT2D eigenvalue weighted by molar-refractivity contribution is 7.29. The van der Waals surface area contributed by atoms with Crippen LogP contribution in [0.5, 0.6) is 5.75 Å². The SMILES string of the molecule is CN(c1nc2sc(-c3ncc(-c4cn[nH]c4)cc3O)nc2s1)C1CCNC1. The standard InChI is InChI=1S/C17H17N7OS2/c1-24(11-2-3-18-8-11)17-23-16-15(27-17)22-14(26-16)13-12(25)4-9(5-19-13)10-6-20-21-7-10/h4-7,11,18,25H,2-3,8H2,1H3,(H,20,21). The molecular formula is C17H17N7OS2. The van der Waals surface area contributed by atoms with Crippen molar-refractivity contribution in [2.24, 2.45) is 0 Å². The van der Waals surface area contributed by atoms with Gasteiger partial charge in [-0.15, -0.1) is 0 Å². The number of thiazole rings is 2. The number of rotatable bonds is 4. The predicted molar refractivity (Wildman–Crippen MR) is 107 cm³/mol. The first kappa shape index (κ1) is 16.6. The quantitative estimate of drug-likeness (QED) is 0.485. The number of aromatic amines is 1. The second kappa shape index (κ2) is 6.55. The monoisotopic (exact) mass is 399 g/mol. The van der Waals surface area contributed by atoms with Gasteiger partial charge in [-0.05, 0) is 19.0 Å². The molecule has 138 valence electrons. The van der Waals surface area contributed by atoms with E-state index in [0.29, 0.717) is 16.7 Å². The van der Waals surface area contributed by atoms with Crippen LogP contribution in [0.3, 0.4) is 0 Å². The Bertz CT molecular complexity index is 1050. The maximum Gasteiger partial charge on any atom is 0.188 e. The van der Waals surface area contributed by atoms with Gasteiger partial charge in [-0.25, -0.2) is 15.0 Å². The summed E-state index contributed by atoms with van der Waals surface area (Å²) in [5, 5.41) is 22.2. The van der Waals surface area contributed by atoms with Crippen LogP contribution in [0.1, 0.15) is 6.42 Å². The smallest absolute Gasteiger partial charge is 0.188 e. The first-order valence-corrected chi connectivity index (χ1v) is 10.2. The summed E-state index contributed by atoms with van der Waals surface area (Å²) in [7, 11) is 2.09. The fraction of sp³-hybridized carbons (Fsp3) is 0.294. The van der Waals surface area contributed by atoms with E-state index in [2.05, 4.69) is 37.4 Å². The molecule has 0 aromatic carbocycles. The third kappa shape index (κ3) is 2.95. The summed E-state index contributed by atoms with van der Waals surface area (Å²) in [5.74, 6) is 0.101. The van der Waals surface area contributed by atoms with Crippen molar-refractivity contribution in [3.8, 4) is 27.6 Å². The van der Waals surface area contributed by atoms with Crippen molar-refractivity contribution in [1.29, 1.82) is 0 Å². The van der Waals surface area contributed by atoms with Gasteiger partial charge in [0.15, 0.2) is 14.8 Å². The highest BCUT2D eigenvalue weighted by Gasteiger charge is 2.23. The molecule has 5 heterocycles. The van der Waals surface area contributed by atoms with Crippen molar-refractivity contribution in [3.05, 3.63) is 24.7 Å². The molecule has 1 fully saturated rings. The topological polar surface area (TPSA) is 103 Å². The Morgan fingerprint density at radius 2 is 2.07 bits per heavy atom. The molecule has 1 atom stereocenters. The highest BCUT2D eigenvalue weighted by Crippen LogP contribution is 2.39. The molecule has 4 aromatic rings. The van der Waals surface area contributed by atoms with Gasteiger partial charge in [0.1, 0.15) is 16.5 Å². The molecule has 0 radical (unpaired) electrons. The van der Waals surface area contributed by atoms with Crippen LogP contribution >= 0.6 is 22.7 Å². The van der Waals surface area contributed by atoms with Gasteiger partial charge in [0.05, 0.1) is 6.20 Å². The lowest BCUT2D eigenvalue weighted by molar-refractivity contribution is 0.475. The van der Waals surface area contributed by atoms with Crippen molar-refractivity contribution >= 4 is 37.5 Å². The van der Waals surface area contributed by atoms with Crippen molar-refractivity contribution in [2.45, 2.75) is 12.5 Å². The van der Waals surface area contributed by atoms with E-state index in [9.17, 15) is 5.11 Å². The van der Waals surface area contributed by atoms with Crippen molar-refractivity contribution in [3.63, 3.8) is 0 Å². The minimum absolute atomic E-state index is 0.101. The fourth-order valence-corrected chi connectivity index (χ4v) is 5.27. The molecule has 0 amide bonds. The Kier molecular flexibility index (Phi) is 4.03. The number of fused-ring (bicyclic) bond motifs is 1. The van der Waals surface area contributed by atoms with Gasteiger partial charge in [0.2, 0.25) is 0 Å². The number of hydrogen-bond acceptors (Lipinski definition) is 9. The van der Waals surface area contributed by atoms with Crippen LogP contribution in [0.25, 0.3) is 31.5 Å². The molecule has 1 aliphatic rings. The van der Waals surface area contributed by atoms with E-state index in [0.717, 1.165) is 45.4 Å². The number of H-pyrrole nitrogens is 1. The minimum Gasteiger partial charge on any atom is -0.506 e. The number of nitrogens with one attached hydrogen (secondary N) is 2. The fourth-order valence-electron chi connectivity index (χ4n) is 3.19. The molecule has 27 heavy (non-hydrogen) atoms. The third-order valence-electron chi connectivity index (χ3n) is 4.75. The first-order chi connectivity index (χ1) is 13.2. The van der Waals surface area contributed by atoms with Gasteiger partial charge in [0, 0.05) is 43.2 Å². The molecule has 5 rings (SSSR count). The molecule has 1 unspecified atom stereocenters. The van der Waals surface area contributed by atoms with Gasteiger partial charge in [-0.3, -0.25) is 5.10 Å². The van der Waals surface area contributed by atoms with E-state index in [1.165, 1.54) is 11.3 Å². The zero-order valence-electron chi connectivity index (χ0n) is 14.5. The zero-order valence-corrected chi connectivity index (χ0v) is 16.1. The minimum atomic E-state index is 0.101. The Morgan fingerprint density at radius 1 is 1.19 bits per heavy atom. The predicted octanol–water partition coefficient (Wildman–Crippen LogP) is 2.71. The van der Waals surface area contributed by atoms with Crippen LogP contribution in [0, 0.1) is 0 Å². The van der Waals surface area contributed by atoms with E-state index in [1.807, 2.05) is 0 Å². The lowest BCUT2D eigenvalue weighted by Crippen LogP contribution is -2.33. The van der Waals surface area contributed by atoms with Gasteiger partial charge in [0.25, 0.3) is 0 Å². The Morgan fingerprint density at radius 3 is 2.78 bits per heavy atom. The van der Waals surface area contributed by atoms with Gasteiger partial charge in [-0.1, -0.05) is 22.7 Å². The van der Waals surface area contributed by atoms with E-state index >= 15 is 0 Å². The molecule has 8 nitrogen and oxygen atoms in total. The van der Waals surface area contributed by atoms with Crippen LogP contribution in [0.15, 0.2) is 24.7 Å². The Hall–Kier alpha value is -2.56. The molecule has 0 bridgehead atoms. The summed E-state index contributed by atoms with van der Waals surface area (Å²) in [4.78, 5) is 17.8. The Balaban J connectivity index is 1.44. The number of pyridine rings is 1. The maximum atomic E-state index is 10.4. The van der Waals surface area contributed by atoms with Crippen LogP contribution < -0.4 is 10.2 Å². The molecule has 1 saturated heterocycles. The largest absolute Gasteiger partial charge is 0.506 e. The summed E-state index contributed by atoms with van der Waals surface area (Å²) in [6.45, 7) is 2.04. The summed E-state index contributed by atoms with van der Waals surface area (Å²) < 4.78 is 0. The van der Waals surface area contributed by atoms with E-state index in [4.69, 9.17) is 4.98 Å². The van der Waals surface area contributed by atoms with Gasteiger partial charge < -0.3 is 15.3 Å². The molecule has 0 spiro atoms. The van der Waals surface area contributed by atoms with Crippen molar-refractivity contribution in [2.75, 3.05) is 25.0 Å². The molecule has 1 aliphatic heterocycles. The molecule has 10 heteroatoms. The summed E-state index contributed by atoms with van der Waals surface area (Å²) in [5.41, 5.74) is 2.16. The highest BCUT2D eigenvalue weighted by atomic mass is 32.1. The second-order valence-electron chi connectivity index (χ2n) is 6.46. The maximum absolute atomic E-state index is 10.4. The third-order valence-corrected chi connectivity index (χ3v) is 6.88. The van der Waals surface area contributed by atoms with Crippen LogP contribution in [-0.2, 0) is 0 Å². The molecule has 3 N–H and O–H groups in total. The summed E-state index contributed by atoms with van der Waals surface area (Å²) in [6, 6.07) is 2.16. The van der Waals surface area contributed by atoms with Crippen molar-refractivity contribution in [1.82, 2.24) is 30.5 Å². The molecule has 0 saturated carbocycles. The number of nitrogens with zero attached hydrogens (tertiary/aromatic N) is 5. The van der Waals surface area contributed by atoms with Gasteiger partial charge in [-0.2, -0.15) is 5.10 Å². The second-order valence-corrected chi connectivity index (χ2v) is 8.40. The average Bonchev–Trinajstić information content (AvgIpc) is 3.45. The van der Waals surface area contributed by atoms with Crippen molar-refractivity contribution < 1.29 is 5.11 Å². The van der Waals surface area contributed by atoms with E-state index < -0.39 is 0 Å². The first-order valence-electron chi connectivity index (χ1n) is 8.58. The lowest BCUT2D eigenvalue weighted by Gasteiger charge is -2.22. The average molecular weight is 400 g/mol.